The van der Waals surface area contributed by atoms with Crippen LogP contribution in [-0.4, -0.2) is 45.6 Å². The maximum Gasteiger partial charge on any atom is 0.0718 e. The largest absolute Gasteiger partial charge is 0.377 e. The third-order valence-electron chi connectivity index (χ3n) is 3.35. The quantitative estimate of drug-likeness (QED) is 0.702. The van der Waals surface area contributed by atoms with Crippen LogP contribution in [0.4, 0.5) is 0 Å². The van der Waals surface area contributed by atoms with Gasteiger partial charge in [0.15, 0.2) is 0 Å². The molecule has 0 unspecified atom stereocenters. The van der Waals surface area contributed by atoms with Crippen molar-refractivity contribution >= 4 is 0 Å². The van der Waals surface area contributed by atoms with E-state index in [9.17, 15) is 0 Å². The molecule has 20 heavy (non-hydrogen) atoms. The number of benzene rings is 1. The van der Waals surface area contributed by atoms with Gasteiger partial charge in [-0.1, -0.05) is 30.3 Å². The van der Waals surface area contributed by atoms with Gasteiger partial charge < -0.3 is 19.5 Å². The van der Waals surface area contributed by atoms with Crippen molar-refractivity contribution in [3.05, 3.63) is 35.9 Å². The topological polar surface area (TPSA) is 39.7 Å². The van der Waals surface area contributed by atoms with Crippen LogP contribution in [0.5, 0.6) is 0 Å². The van der Waals surface area contributed by atoms with E-state index in [1.807, 2.05) is 18.2 Å². The van der Waals surface area contributed by atoms with Crippen LogP contribution in [0.25, 0.3) is 0 Å². The first kappa shape index (κ1) is 15.4. The first-order valence-corrected chi connectivity index (χ1v) is 7.47. The molecule has 1 fully saturated rings. The molecule has 4 nitrogen and oxygen atoms in total. The number of rotatable bonds is 9. The monoisotopic (exact) mass is 279 g/mol. The van der Waals surface area contributed by atoms with Gasteiger partial charge in [-0.2, -0.15) is 0 Å². The molecule has 1 aliphatic heterocycles. The molecule has 1 aliphatic rings. The minimum Gasteiger partial charge on any atom is -0.377 e. The fourth-order valence-corrected chi connectivity index (χ4v) is 2.22. The molecule has 2 rings (SSSR count). The van der Waals surface area contributed by atoms with E-state index in [1.54, 1.807) is 0 Å². The van der Waals surface area contributed by atoms with Crippen molar-refractivity contribution in [2.75, 3.05) is 39.5 Å². The second-order valence-corrected chi connectivity index (χ2v) is 4.97. The summed E-state index contributed by atoms with van der Waals surface area (Å²) < 4.78 is 16.8. The first-order valence-electron chi connectivity index (χ1n) is 7.47. The highest BCUT2D eigenvalue weighted by molar-refractivity contribution is 5.13. The van der Waals surface area contributed by atoms with Crippen LogP contribution in [0.15, 0.2) is 30.3 Å². The number of piperidine rings is 1. The fraction of sp³-hybridized carbons (Fsp3) is 0.625. The van der Waals surface area contributed by atoms with E-state index in [2.05, 4.69) is 17.4 Å². The number of hydrogen-bond acceptors (Lipinski definition) is 4. The summed E-state index contributed by atoms with van der Waals surface area (Å²) in [5.74, 6) is 0. The number of nitrogens with one attached hydrogen (secondary N) is 1. The van der Waals surface area contributed by atoms with Gasteiger partial charge in [0, 0.05) is 0 Å². The zero-order valence-electron chi connectivity index (χ0n) is 12.1. The minimum atomic E-state index is 0.411. The Morgan fingerprint density at radius 3 is 2.40 bits per heavy atom. The fourth-order valence-electron chi connectivity index (χ4n) is 2.22. The molecule has 0 saturated carbocycles. The summed E-state index contributed by atoms with van der Waals surface area (Å²) in [6.07, 6.45) is 2.63. The van der Waals surface area contributed by atoms with E-state index < -0.39 is 0 Å². The normalized spacial score (nSPS) is 16.4. The van der Waals surface area contributed by atoms with E-state index in [0.29, 0.717) is 39.1 Å². The van der Waals surface area contributed by atoms with Gasteiger partial charge in [0.05, 0.1) is 39.1 Å². The predicted molar refractivity (Wildman–Crippen MR) is 78.8 cm³/mol. The summed E-state index contributed by atoms with van der Waals surface area (Å²) in [6, 6.07) is 10.2. The Bertz CT molecular complexity index is 339. The van der Waals surface area contributed by atoms with Crippen molar-refractivity contribution in [2.45, 2.75) is 25.6 Å². The van der Waals surface area contributed by atoms with Crippen LogP contribution in [0.1, 0.15) is 18.4 Å². The highest BCUT2D eigenvalue weighted by atomic mass is 16.5. The smallest absolute Gasteiger partial charge is 0.0718 e. The SMILES string of the molecule is c1ccc(COCCOCCOC2CCNCC2)cc1. The third kappa shape index (κ3) is 6.48. The van der Waals surface area contributed by atoms with Gasteiger partial charge in [0.1, 0.15) is 0 Å². The lowest BCUT2D eigenvalue weighted by Gasteiger charge is -2.22. The lowest BCUT2D eigenvalue weighted by molar-refractivity contribution is -0.0213. The number of hydrogen-bond donors (Lipinski definition) is 1. The summed E-state index contributed by atoms with van der Waals surface area (Å²) in [5, 5.41) is 3.33. The van der Waals surface area contributed by atoms with E-state index in [4.69, 9.17) is 14.2 Å². The zero-order valence-corrected chi connectivity index (χ0v) is 12.1. The Hall–Kier alpha value is -0.940. The van der Waals surface area contributed by atoms with Crippen LogP contribution in [0.3, 0.4) is 0 Å². The number of ether oxygens (including phenoxy) is 3. The van der Waals surface area contributed by atoms with Gasteiger partial charge in [-0.15, -0.1) is 0 Å². The molecule has 1 N–H and O–H groups in total. The average molecular weight is 279 g/mol. The van der Waals surface area contributed by atoms with Gasteiger partial charge in [0.2, 0.25) is 0 Å². The van der Waals surface area contributed by atoms with E-state index in [1.165, 1.54) is 5.56 Å². The molecule has 1 aromatic carbocycles. The third-order valence-corrected chi connectivity index (χ3v) is 3.35. The maximum absolute atomic E-state index is 5.75. The summed E-state index contributed by atoms with van der Waals surface area (Å²) in [7, 11) is 0. The molecule has 0 aromatic heterocycles. The Balaban J connectivity index is 1.38. The standard InChI is InChI=1S/C16H25NO3/c1-2-4-15(5-3-1)14-19-11-10-18-12-13-20-16-6-8-17-9-7-16/h1-5,16-17H,6-14H2. The molecule has 1 saturated heterocycles. The maximum atomic E-state index is 5.75. The van der Waals surface area contributed by atoms with Crippen LogP contribution < -0.4 is 5.32 Å². The summed E-state index contributed by atoms with van der Waals surface area (Å²) >= 11 is 0. The molecule has 112 valence electrons. The molecule has 0 amide bonds. The van der Waals surface area contributed by atoms with Gasteiger partial charge in [-0.05, 0) is 31.5 Å². The lowest BCUT2D eigenvalue weighted by Crippen LogP contribution is -2.33. The van der Waals surface area contributed by atoms with Crippen LogP contribution in [0, 0.1) is 0 Å². The van der Waals surface area contributed by atoms with Crippen molar-refractivity contribution in [3.63, 3.8) is 0 Å². The second kappa shape index (κ2) is 9.88. The van der Waals surface area contributed by atoms with E-state index in [0.717, 1.165) is 25.9 Å². The second-order valence-electron chi connectivity index (χ2n) is 4.97. The highest BCUT2D eigenvalue weighted by Crippen LogP contribution is 2.06. The van der Waals surface area contributed by atoms with Gasteiger partial charge in [-0.25, -0.2) is 0 Å². The van der Waals surface area contributed by atoms with E-state index >= 15 is 0 Å². The molecule has 1 aromatic rings. The van der Waals surface area contributed by atoms with Crippen molar-refractivity contribution in [2.24, 2.45) is 0 Å². The zero-order chi connectivity index (χ0) is 13.9. The molecule has 0 bridgehead atoms. The highest BCUT2D eigenvalue weighted by Gasteiger charge is 2.12. The molecule has 0 aliphatic carbocycles. The summed E-state index contributed by atoms with van der Waals surface area (Å²) in [4.78, 5) is 0. The Labute approximate surface area is 121 Å². The molecule has 0 atom stereocenters. The molecule has 0 spiro atoms. The Morgan fingerprint density at radius 1 is 0.900 bits per heavy atom. The average Bonchev–Trinajstić information content (AvgIpc) is 2.52. The van der Waals surface area contributed by atoms with Crippen molar-refractivity contribution < 1.29 is 14.2 Å². The molecule has 4 heteroatoms. The Morgan fingerprint density at radius 2 is 1.60 bits per heavy atom. The van der Waals surface area contributed by atoms with Gasteiger partial charge in [0.25, 0.3) is 0 Å². The van der Waals surface area contributed by atoms with E-state index in [-0.39, 0.29) is 0 Å². The lowest BCUT2D eigenvalue weighted by atomic mass is 10.1. The summed E-state index contributed by atoms with van der Waals surface area (Å²) in [5.41, 5.74) is 1.20. The van der Waals surface area contributed by atoms with Crippen LogP contribution >= 0.6 is 0 Å². The van der Waals surface area contributed by atoms with Gasteiger partial charge in [-0.3, -0.25) is 0 Å². The van der Waals surface area contributed by atoms with Crippen LogP contribution in [-0.2, 0) is 20.8 Å². The molecule has 1 heterocycles. The van der Waals surface area contributed by atoms with Crippen LogP contribution in [0.2, 0.25) is 0 Å². The molecular formula is C16H25NO3. The van der Waals surface area contributed by atoms with Crippen molar-refractivity contribution in [1.82, 2.24) is 5.32 Å². The van der Waals surface area contributed by atoms with Crippen molar-refractivity contribution in [3.8, 4) is 0 Å². The first-order chi connectivity index (χ1) is 9.95. The predicted octanol–water partition coefficient (Wildman–Crippen LogP) is 1.99. The Kier molecular flexibility index (Phi) is 7.64. The minimum absolute atomic E-state index is 0.411. The molecule has 0 radical (unpaired) electrons. The summed E-state index contributed by atoms with van der Waals surface area (Å²) in [6.45, 7) is 5.38. The van der Waals surface area contributed by atoms with Crippen molar-refractivity contribution in [1.29, 1.82) is 0 Å². The van der Waals surface area contributed by atoms with Gasteiger partial charge >= 0.3 is 0 Å². The molecular weight excluding hydrogens is 254 g/mol.